The van der Waals surface area contributed by atoms with E-state index >= 15 is 0 Å². The molecule has 0 radical (unpaired) electrons. The summed E-state index contributed by atoms with van der Waals surface area (Å²) in [6.45, 7) is 1.44. The zero-order valence-corrected chi connectivity index (χ0v) is 9.24. The topological polar surface area (TPSA) is 101 Å². The lowest BCUT2D eigenvalue weighted by molar-refractivity contribution is -0.118. The molecule has 4 N–H and O–H groups in total. The van der Waals surface area contributed by atoms with Gasteiger partial charge in [-0.15, -0.1) is 0 Å². The van der Waals surface area contributed by atoms with Crippen molar-refractivity contribution in [1.82, 2.24) is 0 Å². The summed E-state index contributed by atoms with van der Waals surface area (Å²) in [4.78, 5) is 27.8. The van der Waals surface area contributed by atoms with Crippen molar-refractivity contribution < 1.29 is 19.1 Å². The molecule has 0 spiro atoms. The lowest BCUT2D eigenvalue weighted by Gasteiger charge is -2.07. The van der Waals surface area contributed by atoms with Crippen molar-refractivity contribution in [2.75, 3.05) is 6.16 Å². The molecule has 0 unspecified atom stereocenters. The standard InChI is InChI=1S/C8H18NO4P/c1-7(10)8(9)5-3-2-4-6-14(11,12)13/h8H,2-6,9H2,1H3,(H2,11,12,13)/t8-/m0/s1. The molecule has 0 bridgehead atoms. The molecule has 0 fully saturated rings. The minimum Gasteiger partial charge on any atom is -0.324 e. The Labute approximate surface area is 83.8 Å². The van der Waals surface area contributed by atoms with Crippen molar-refractivity contribution in [1.29, 1.82) is 0 Å². The number of carbonyl (C=O) groups excluding carboxylic acids is 1. The van der Waals surface area contributed by atoms with Crippen LogP contribution in [0.3, 0.4) is 0 Å². The Kier molecular flexibility index (Phi) is 6.20. The van der Waals surface area contributed by atoms with Crippen LogP contribution < -0.4 is 5.73 Å². The molecule has 0 amide bonds. The second-order valence-corrected chi connectivity index (χ2v) is 5.23. The molecule has 5 nitrogen and oxygen atoms in total. The maximum atomic E-state index is 10.7. The number of carbonyl (C=O) groups is 1. The van der Waals surface area contributed by atoms with Crippen LogP contribution >= 0.6 is 7.60 Å². The number of nitrogens with two attached hydrogens (primary N) is 1. The molecular formula is C8H18NO4P. The number of hydrogen-bond acceptors (Lipinski definition) is 3. The molecule has 14 heavy (non-hydrogen) atoms. The van der Waals surface area contributed by atoms with E-state index in [2.05, 4.69) is 0 Å². The Morgan fingerprint density at radius 2 is 1.93 bits per heavy atom. The van der Waals surface area contributed by atoms with Crippen LogP contribution in [0.15, 0.2) is 0 Å². The average molecular weight is 223 g/mol. The maximum Gasteiger partial charge on any atom is 0.325 e. The quantitative estimate of drug-likeness (QED) is 0.434. The van der Waals surface area contributed by atoms with Gasteiger partial charge >= 0.3 is 7.60 Å². The number of rotatable bonds is 7. The van der Waals surface area contributed by atoms with Crippen molar-refractivity contribution in [3.63, 3.8) is 0 Å². The Morgan fingerprint density at radius 3 is 2.36 bits per heavy atom. The van der Waals surface area contributed by atoms with Gasteiger partial charge in [0.1, 0.15) is 5.78 Å². The molecule has 84 valence electrons. The molecule has 0 heterocycles. The predicted octanol–water partition coefficient (Wildman–Crippen LogP) is 0.641. The molecule has 0 aromatic heterocycles. The number of unbranched alkanes of at least 4 members (excludes halogenated alkanes) is 2. The molecule has 0 aliphatic rings. The van der Waals surface area contributed by atoms with Gasteiger partial charge in [0.2, 0.25) is 0 Å². The fourth-order valence-electron chi connectivity index (χ4n) is 1.06. The summed E-state index contributed by atoms with van der Waals surface area (Å²) in [5, 5.41) is 0. The van der Waals surface area contributed by atoms with E-state index in [1.807, 2.05) is 0 Å². The van der Waals surface area contributed by atoms with E-state index in [0.29, 0.717) is 19.3 Å². The van der Waals surface area contributed by atoms with E-state index < -0.39 is 13.6 Å². The predicted molar refractivity (Wildman–Crippen MR) is 54.0 cm³/mol. The van der Waals surface area contributed by atoms with Crippen molar-refractivity contribution in [2.45, 2.75) is 38.6 Å². The monoisotopic (exact) mass is 223 g/mol. The van der Waals surface area contributed by atoms with E-state index in [0.717, 1.165) is 6.42 Å². The summed E-state index contributed by atoms with van der Waals surface area (Å²) in [6, 6.07) is -0.426. The minimum absolute atomic E-state index is 0.0417. The van der Waals surface area contributed by atoms with Gasteiger partial charge in [-0.1, -0.05) is 12.8 Å². The van der Waals surface area contributed by atoms with E-state index in [1.165, 1.54) is 6.92 Å². The van der Waals surface area contributed by atoms with Gasteiger partial charge in [0.15, 0.2) is 0 Å². The Hall–Kier alpha value is -0.220. The van der Waals surface area contributed by atoms with Gasteiger partial charge in [0.25, 0.3) is 0 Å². The zero-order valence-electron chi connectivity index (χ0n) is 8.35. The normalized spacial score (nSPS) is 14.0. The largest absolute Gasteiger partial charge is 0.325 e. The van der Waals surface area contributed by atoms with Gasteiger partial charge in [-0.3, -0.25) is 9.36 Å². The summed E-state index contributed by atoms with van der Waals surface area (Å²) in [6.07, 6.45) is 2.43. The highest BCUT2D eigenvalue weighted by atomic mass is 31.2. The van der Waals surface area contributed by atoms with E-state index in [9.17, 15) is 9.36 Å². The van der Waals surface area contributed by atoms with Crippen molar-refractivity contribution in [3.05, 3.63) is 0 Å². The van der Waals surface area contributed by atoms with Crippen LogP contribution in [0.4, 0.5) is 0 Å². The first-order valence-electron chi connectivity index (χ1n) is 4.63. The SMILES string of the molecule is CC(=O)[C@@H](N)CCCCCP(=O)(O)O. The fraction of sp³-hybridized carbons (Fsp3) is 0.875. The third-order valence-electron chi connectivity index (χ3n) is 1.99. The number of Topliss-reactive ketones (excluding diaryl/α,β-unsaturated/α-hetero) is 1. The zero-order chi connectivity index (χ0) is 11.2. The molecule has 0 aromatic carbocycles. The van der Waals surface area contributed by atoms with Crippen molar-refractivity contribution in [2.24, 2.45) is 5.73 Å². The second kappa shape index (κ2) is 6.30. The molecule has 0 rings (SSSR count). The van der Waals surface area contributed by atoms with Crippen LogP contribution in [-0.4, -0.2) is 27.8 Å². The summed E-state index contributed by atoms with van der Waals surface area (Å²) >= 11 is 0. The summed E-state index contributed by atoms with van der Waals surface area (Å²) < 4.78 is 10.5. The molecule has 0 aliphatic carbocycles. The van der Waals surface area contributed by atoms with Crippen molar-refractivity contribution in [3.8, 4) is 0 Å². The van der Waals surface area contributed by atoms with Crippen LogP contribution in [0.5, 0.6) is 0 Å². The van der Waals surface area contributed by atoms with E-state index in [1.54, 1.807) is 0 Å². The number of ketones is 1. The lowest BCUT2D eigenvalue weighted by atomic mass is 10.1. The first-order chi connectivity index (χ1) is 6.33. The highest BCUT2D eigenvalue weighted by Gasteiger charge is 2.12. The van der Waals surface area contributed by atoms with Crippen LogP contribution in [0.1, 0.15) is 32.6 Å². The second-order valence-electron chi connectivity index (χ2n) is 3.45. The lowest BCUT2D eigenvalue weighted by Crippen LogP contribution is -2.27. The minimum atomic E-state index is -3.85. The number of hydrogen-bond donors (Lipinski definition) is 3. The van der Waals surface area contributed by atoms with Crippen LogP contribution in [0.2, 0.25) is 0 Å². The van der Waals surface area contributed by atoms with Gasteiger partial charge < -0.3 is 15.5 Å². The first kappa shape index (κ1) is 13.8. The molecule has 0 aliphatic heterocycles. The third-order valence-corrected chi connectivity index (χ3v) is 2.89. The molecular weight excluding hydrogens is 205 g/mol. The van der Waals surface area contributed by atoms with Crippen LogP contribution in [0.25, 0.3) is 0 Å². The average Bonchev–Trinajstić information content (AvgIpc) is 2.01. The Bertz CT molecular complexity index is 225. The van der Waals surface area contributed by atoms with Gasteiger partial charge in [-0.2, -0.15) is 0 Å². The summed E-state index contributed by atoms with van der Waals surface area (Å²) in [5.41, 5.74) is 5.48. The summed E-state index contributed by atoms with van der Waals surface area (Å²) in [5.74, 6) is -0.0417. The smallest absolute Gasteiger partial charge is 0.324 e. The van der Waals surface area contributed by atoms with Gasteiger partial charge in [-0.05, 0) is 19.8 Å². The highest BCUT2D eigenvalue weighted by molar-refractivity contribution is 7.51. The van der Waals surface area contributed by atoms with Gasteiger partial charge in [-0.25, -0.2) is 0 Å². The summed E-state index contributed by atoms with van der Waals surface area (Å²) in [7, 11) is -3.85. The van der Waals surface area contributed by atoms with E-state index in [-0.39, 0.29) is 11.9 Å². The fourth-order valence-corrected chi connectivity index (χ4v) is 1.70. The Balaban J connectivity index is 3.39. The maximum absolute atomic E-state index is 10.7. The van der Waals surface area contributed by atoms with Gasteiger partial charge in [0.05, 0.1) is 6.04 Å². The molecule has 0 aromatic rings. The first-order valence-corrected chi connectivity index (χ1v) is 6.43. The van der Waals surface area contributed by atoms with Crippen molar-refractivity contribution >= 4 is 13.4 Å². The highest BCUT2D eigenvalue weighted by Crippen LogP contribution is 2.35. The van der Waals surface area contributed by atoms with Gasteiger partial charge in [0, 0.05) is 6.16 Å². The van der Waals surface area contributed by atoms with Crippen LogP contribution in [0, 0.1) is 0 Å². The molecule has 1 atom stereocenters. The third kappa shape index (κ3) is 8.38. The van der Waals surface area contributed by atoms with E-state index in [4.69, 9.17) is 15.5 Å². The Morgan fingerprint density at radius 1 is 1.36 bits per heavy atom. The molecule has 0 saturated carbocycles. The molecule has 0 saturated heterocycles. The molecule has 6 heteroatoms. The van der Waals surface area contributed by atoms with Crippen LogP contribution in [-0.2, 0) is 9.36 Å².